The number of alkyl halides is 3. The van der Waals surface area contributed by atoms with Crippen LogP contribution in [0.4, 0.5) is 13.2 Å². The van der Waals surface area contributed by atoms with Crippen molar-refractivity contribution in [1.29, 1.82) is 0 Å². The van der Waals surface area contributed by atoms with Crippen LogP contribution < -0.4 is 0 Å². The molecule has 3 fully saturated rings. The van der Waals surface area contributed by atoms with Crippen LogP contribution in [0.3, 0.4) is 0 Å². The minimum atomic E-state index is -4.53. The Morgan fingerprint density at radius 3 is 2.50 bits per heavy atom. The second-order valence-electron chi connectivity index (χ2n) is 8.27. The maximum atomic E-state index is 12.8. The molecule has 8 heteroatoms. The van der Waals surface area contributed by atoms with Crippen molar-refractivity contribution in [1.82, 2.24) is 15.1 Å². The monoisotopic (exact) mass is 393 g/mol. The molecule has 5 nitrogen and oxygen atoms in total. The van der Waals surface area contributed by atoms with Crippen molar-refractivity contribution >= 4 is 0 Å². The van der Waals surface area contributed by atoms with Crippen molar-refractivity contribution in [3.05, 3.63) is 41.1 Å². The topological polar surface area (TPSA) is 69.5 Å². The number of phenolic OH excluding ortho intramolecular Hbond substituents is 1. The maximum Gasteiger partial charge on any atom is 0.416 e. The van der Waals surface area contributed by atoms with Crippen molar-refractivity contribution in [3.63, 3.8) is 0 Å². The number of aromatic hydroxyl groups is 1. The molecule has 2 N–H and O–H groups in total. The number of halogens is 3. The molecule has 1 unspecified atom stereocenters. The van der Waals surface area contributed by atoms with Crippen LogP contribution in [0.15, 0.2) is 24.3 Å². The van der Waals surface area contributed by atoms with Crippen molar-refractivity contribution in [3.8, 4) is 17.0 Å². The van der Waals surface area contributed by atoms with E-state index in [1.54, 1.807) is 13.0 Å². The maximum absolute atomic E-state index is 12.8. The van der Waals surface area contributed by atoms with E-state index >= 15 is 0 Å². The number of hydrogen-bond acceptors (Lipinski definition) is 5. The molecule has 150 valence electrons. The largest absolute Gasteiger partial charge is 0.507 e. The number of nitrogens with zero attached hydrogens (tertiary/aromatic N) is 3. The molecule has 0 radical (unpaired) electrons. The van der Waals surface area contributed by atoms with Gasteiger partial charge in [0, 0.05) is 24.1 Å². The summed E-state index contributed by atoms with van der Waals surface area (Å²) in [5.41, 5.74) is 0.435. The molecule has 1 saturated carbocycles. The molecule has 2 aliphatic heterocycles. The lowest BCUT2D eigenvalue weighted by atomic mass is 9.55. The van der Waals surface area contributed by atoms with E-state index in [1.165, 1.54) is 6.07 Å². The first-order chi connectivity index (χ1) is 13.1. The van der Waals surface area contributed by atoms with E-state index in [-0.39, 0.29) is 11.0 Å². The molecule has 5 rings (SSSR count). The molecule has 28 heavy (non-hydrogen) atoms. The third-order valence-corrected chi connectivity index (χ3v) is 5.99. The second-order valence-corrected chi connectivity index (χ2v) is 8.27. The standard InChI is InChI=1S/C20H22F3N3O2/c1-11-5-15(18(28)19-7-12(8-19)9-26(2)10-19)24-25-17(11)14-4-3-13(6-16(14)27)20(21,22)23/h3-6,12,18,27-28H,7-10H2,1-2H3. The van der Waals surface area contributed by atoms with E-state index in [0.717, 1.165) is 32.0 Å². The molecule has 0 amide bonds. The number of fused-ring (bicyclic) bond motifs is 2. The third kappa shape index (κ3) is 3.14. The first-order valence-electron chi connectivity index (χ1n) is 9.20. The molecule has 1 aromatic carbocycles. The van der Waals surface area contributed by atoms with E-state index in [4.69, 9.17) is 0 Å². The number of phenols is 1. The van der Waals surface area contributed by atoms with Gasteiger partial charge in [-0.1, -0.05) is 0 Å². The first kappa shape index (κ1) is 19.1. The SMILES string of the molecule is Cc1cc(C(O)C23CC(CN(C)C2)C3)nnc1-c1ccc(C(F)(F)F)cc1O. The lowest BCUT2D eigenvalue weighted by molar-refractivity contribution is -0.137. The van der Waals surface area contributed by atoms with Gasteiger partial charge < -0.3 is 15.1 Å². The van der Waals surface area contributed by atoms with E-state index < -0.39 is 23.6 Å². The predicted octanol–water partition coefficient (Wildman–Crippen LogP) is 3.55. The Balaban J connectivity index is 1.62. The van der Waals surface area contributed by atoms with E-state index in [1.807, 2.05) is 7.05 Å². The lowest BCUT2D eigenvalue weighted by Crippen LogP contribution is -2.57. The van der Waals surface area contributed by atoms with Gasteiger partial charge in [0.15, 0.2) is 0 Å². The summed E-state index contributed by atoms with van der Waals surface area (Å²) in [5, 5.41) is 29.3. The zero-order chi connectivity index (χ0) is 20.3. The molecular formula is C20H22F3N3O2. The number of aliphatic hydroxyl groups is 1. The Morgan fingerprint density at radius 1 is 1.21 bits per heavy atom. The average molecular weight is 393 g/mol. The first-order valence-corrected chi connectivity index (χ1v) is 9.20. The van der Waals surface area contributed by atoms with Crippen LogP contribution in [0.2, 0.25) is 0 Å². The third-order valence-electron chi connectivity index (χ3n) is 5.99. The average Bonchev–Trinajstić information content (AvgIpc) is 2.59. The number of hydrogen-bond donors (Lipinski definition) is 2. The lowest BCUT2D eigenvalue weighted by Gasteiger charge is -2.57. The summed E-state index contributed by atoms with van der Waals surface area (Å²) >= 11 is 0. The zero-order valence-electron chi connectivity index (χ0n) is 15.7. The van der Waals surface area contributed by atoms with Gasteiger partial charge in [0.05, 0.1) is 17.0 Å². The second kappa shape index (κ2) is 6.42. The minimum absolute atomic E-state index is 0.179. The number of aryl methyl sites for hydroxylation is 1. The van der Waals surface area contributed by atoms with Crippen LogP contribution in [0.25, 0.3) is 11.3 Å². The van der Waals surface area contributed by atoms with E-state index in [2.05, 4.69) is 15.1 Å². The number of rotatable bonds is 3. The minimum Gasteiger partial charge on any atom is -0.507 e. The molecule has 2 saturated heterocycles. The highest BCUT2D eigenvalue weighted by Gasteiger charge is 2.54. The molecule has 2 aromatic rings. The molecular weight excluding hydrogens is 371 g/mol. The Hall–Kier alpha value is -2.19. The molecule has 3 aliphatic rings. The van der Waals surface area contributed by atoms with Crippen LogP contribution in [-0.4, -0.2) is 45.4 Å². The molecule has 1 atom stereocenters. The Kier molecular flexibility index (Phi) is 4.39. The van der Waals surface area contributed by atoms with Crippen LogP contribution >= 0.6 is 0 Å². The quantitative estimate of drug-likeness (QED) is 0.835. The highest BCUT2D eigenvalue weighted by atomic mass is 19.4. The van der Waals surface area contributed by atoms with Gasteiger partial charge >= 0.3 is 6.18 Å². The smallest absolute Gasteiger partial charge is 0.416 e. The van der Waals surface area contributed by atoms with Crippen LogP contribution in [-0.2, 0) is 6.18 Å². The fourth-order valence-electron chi connectivity index (χ4n) is 4.83. The highest BCUT2D eigenvalue weighted by molar-refractivity contribution is 5.69. The van der Waals surface area contributed by atoms with Crippen LogP contribution in [0.5, 0.6) is 5.75 Å². The number of aliphatic hydroxyl groups excluding tert-OH is 1. The number of aromatic nitrogens is 2. The van der Waals surface area contributed by atoms with Crippen LogP contribution in [0, 0.1) is 18.3 Å². The van der Waals surface area contributed by atoms with Crippen molar-refractivity contribution in [2.75, 3.05) is 20.1 Å². The molecule has 2 bridgehead atoms. The summed E-state index contributed by atoms with van der Waals surface area (Å²) in [6.07, 6.45) is -3.35. The summed E-state index contributed by atoms with van der Waals surface area (Å²) < 4.78 is 38.4. The Morgan fingerprint density at radius 2 is 1.93 bits per heavy atom. The summed E-state index contributed by atoms with van der Waals surface area (Å²) in [7, 11) is 2.04. The highest BCUT2D eigenvalue weighted by Crippen LogP contribution is 2.56. The summed E-state index contributed by atoms with van der Waals surface area (Å²) in [6, 6.07) is 4.49. The Bertz CT molecular complexity index is 910. The number of piperidine rings is 2. The van der Waals surface area contributed by atoms with Gasteiger partial charge in [-0.3, -0.25) is 0 Å². The fourth-order valence-corrected chi connectivity index (χ4v) is 4.83. The van der Waals surface area contributed by atoms with Crippen molar-refractivity contribution in [2.45, 2.75) is 32.0 Å². The summed E-state index contributed by atoms with van der Waals surface area (Å²) in [4.78, 5) is 2.22. The number of benzene rings is 1. The summed E-state index contributed by atoms with van der Waals surface area (Å²) in [5.74, 6) is 0.0979. The molecule has 1 aliphatic carbocycles. The van der Waals surface area contributed by atoms with Crippen molar-refractivity contribution < 1.29 is 23.4 Å². The molecule has 1 aromatic heterocycles. The van der Waals surface area contributed by atoms with Gasteiger partial charge in [-0.05, 0) is 62.6 Å². The van der Waals surface area contributed by atoms with E-state index in [0.29, 0.717) is 28.9 Å². The Labute approximate surface area is 160 Å². The fraction of sp³-hybridized carbons (Fsp3) is 0.500. The predicted molar refractivity (Wildman–Crippen MR) is 96.5 cm³/mol. The van der Waals surface area contributed by atoms with Gasteiger partial charge in [-0.15, -0.1) is 5.10 Å². The van der Waals surface area contributed by atoms with Gasteiger partial charge in [-0.2, -0.15) is 18.3 Å². The molecule has 3 heterocycles. The zero-order valence-corrected chi connectivity index (χ0v) is 15.7. The van der Waals surface area contributed by atoms with Gasteiger partial charge in [-0.25, -0.2) is 0 Å². The summed E-state index contributed by atoms with van der Waals surface area (Å²) in [6.45, 7) is 3.59. The molecule has 0 spiro atoms. The normalized spacial score (nSPS) is 26.0. The van der Waals surface area contributed by atoms with Crippen LogP contribution in [0.1, 0.15) is 35.8 Å². The van der Waals surface area contributed by atoms with Gasteiger partial charge in [0.1, 0.15) is 11.9 Å². The van der Waals surface area contributed by atoms with E-state index in [9.17, 15) is 23.4 Å². The van der Waals surface area contributed by atoms with Gasteiger partial charge in [0.25, 0.3) is 0 Å². The van der Waals surface area contributed by atoms with Gasteiger partial charge in [0.2, 0.25) is 0 Å². The van der Waals surface area contributed by atoms with Crippen molar-refractivity contribution in [2.24, 2.45) is 11.3 Å².